The molecule has 1 N–H and O–H groups in total. The van der Waals surface area contributed by atoms with Crippen LogP contribution in [0.4, 0.5) is 0 Å². The summed E-state index contributed by atoms with van der Waals surface area (Å²) < 4.78 is 0. The minimum Gasteiger partial charge on any atom is -0.382 e. The van der Waals surface area contributed by atoms with E-state index in [1.54, 1.807) is 0 Å². The Kier molecular flexibility index (Phi) is 4.92. The van der Waals surface area contributed by atoms with Gasteiger partial charge in [0.25, 0.3) is 0 Å². The Labute approximate surface area is 130 Å². The van der Waals surface area contributed by atoms with Gasteiger partial charge in [-0.05, 0) is 41.9 Å². The highest BCUT2D eigenvalue weighted by Crippen LogP contribution is 2.25. The molecule has 1 heteroatoms. The lowest BCUT2D eigenvalue weighted by Gasteiger charge is -2.17. The first-order valence-corrected chi connectivity index (χ1v) is 8.11. The molecule has 1 aliphatic carbocycles. The second-order valence-electron chi connectivity index (χ2n) is 7.37. The van der Waals surface area contributed by atoms with Gasteiger partial charge in [0.05, 0.1) is 0 Å². The molecule has 0 atom stereocenters. The van der Waals surface area contributed by atoms with Gasteiger partial charge in [0, 0.05) is 11.7 Å². The van der Waals surface area contributed by atoms with Gasteiger partial charge in [-0.15, -0.1) is 0 Å². The van der Waals surface area contributed by atoms with E-state index in [9.17, 15) is 0 Å². The second-order valence-corrected chi connectivity index (χ2v) is 7.37. The number of rotatable bonds is 4. The zero-order valence-corrected chi connectivity index (χ0v) is 14.0. The number of allylic oxidation sites excluding steroid dienone is 2. The average molecular weight is 283 g/mol. The predicted octanol–water partition coefficient (Wildman–Crippen LogP) is 5.64. The molecule has 0 unspecified atom stereocenters. The van der Waals surface area contributed by atoms with Gasteiger partial charge in [-0.2, -0.15) is 0 Å². The topological polar surface area (TPSA) is 12.0 Å². The zero-order valence-electron chi connectivity index (χ0n) is 14.0. The van der Waals surface area contributed by atoms with E-state index in [-0.39, 0.29) is 5.41 Å². The molecule has 1 aromatic carbocycles. The van der Waals surface area contributed by atoms with Gasteiger partial charge in [-0.25, -0.2) is 0 Å². The first-order chi connectivity index (χ1) is 9.85. The van der Waals surface area contributed by atoms with Crippen molar-refractivity contribution in [2.75, 3.05) is 0 Å². The molecule has 114 valence electrons. The van der Waals surface area contributed by atoms with Crippen LogP contribution in [0.3, 0.4) is 0 Å². The third-order valence-electron chi connectivity index (χ3n) is 4.07. The van der Waals surface area contributed by atoms with Crippen LogP contribution >= 0.6 is 0 Å². The van der Waals surface area contributed by atoms with Gasteiger partial charge >= 0.3 is 0 Å². The Morgan fingerprint density at radius 3 is 2.14 bits per heavy atom. The van der Waals surface area contributed by atoms with Crippen LogP contribution < -0.4 is 5.32 Å². The Balaban J connectivity index is 2.04. The maximum absolute atomic E-state index is 4.20. The van der Waals surface area contributed by atoms with Crippen molar-refractivity contribution >= 4 is 11.3 Å². The minimum absolute atomic E-state index is 0.219. The summed E-state index contributed by atoms with van der Waals surface area (Å²) >= 11 is 0. The van der Waals surface area contributed by atoms with Crippen molar-refractivity contribution in [3.63, 3.8) is 0 Å². The van der Waals surface area contributed by atoms with Crippen LogP contribution in [0.15, 0.2) is 36.9 Å². The fourth-order valence-electron chi connectivity index (χ4n) is 3.07. The van der Waals surface area contributed by atoms with Crippen LogP contribution in [0.5, 0.6) is 0 Å². The molecule has 0 saturated heterocycles. The van der Waals surface area contributed by atoms with E-state index < -0.39 is 0 Å². The van der Waals surface area contributed by atoms with Crippen LogP contribution in [0, 0.1) is 5.41 Å². The van der Waals surface area contributed by atoms with E-state index in [1.807, 2.05) is 0 Å². The largest absolute Gasteiger partial charge is 0.382 e. The maximum atomic E-state index is 4.20. The summed E-state index contributed by atoms with van der Waals surface area (Å²) in [5.41, 5.74) is 5.11. The third kappa shape index (κ3) is 4.77. The molecule has 0 heterocycles. The van der Waals surface area contributed by atoms with Crippen LogP contribution in [-0.4, -0.2) is 6.04 Å². The summed E-state index contributed by atoms with van der Waals surface area (Å²) in [7, 11) is 0. The first-order valence-electron chi connectivity index (χ1n) is 8.11. The van der Waals surface area contributed by atoms with Gasteiger partial charge in [0.1, 0.15) is 0 Å². The van der Waals surface area contributed by atoms with E-state index in [2.05, 4.69) is 69.9 Å². The molecular formula is C20H29N. The molecule has 1 saturated carbocycles. The molecule has 21 heavy (non-hydrogen) atoms. The van der Waals surface area contributed by atoms with Crippen LogP contribution in [0.25, 0.3) is 11.3 Å². The van der Waals surface area contributed by atoms with Gasteiger partial charge in [0.2, 0.25) is 0 Å². The van der Waals surface area contributed by atoms with Crippen molar-refractivity contribution in [2.45, 2.75) is 59.4 Å². The summed E-state index contributed by atoms with van der Waals surface area (Å²) in [5, 5.41) is 3.57. The van der Waals surface area contributed by atoms with Crippen LogP contribution in [0.1, 0.15) is 64.5 Å². The summed E-state index contributed by atoms with van der Waals surface area (Å²) in [6, 6.07) is 9.39. The van der Waals surface area contributed by atoms with E-state index in [1.165, 1.54) is 42.4 Å². The van der Waals surface area contributed by atoms with Crippen LogP contribution in [0.2, 0.25) is 0 Å². The molecule has 1 aromatic rings. The lowest BCUT2D eigenvalue weighted by atomic mass is 9.91. The molecular weight excluding hydrogens is 254 g/mol. The molecule has 0 amide bonds. The normalized spacial score (nSPS) is 17.0. The molecule has 0 radical (unpaired) electrons. The van der Waals surface area contributed by atoms with Crippen LogP contribution in [-0.2, 0) is 0 Å². The van der Waals surface area contributed by atoms with E-state index in [0.29, 0.717) is 6.04 Å². The Bertz CT molecular complexity index is 508. The number of benzene rings is 1. The van der Waals surface area contributed by atoms with E-state index in [4.69, 9.17) is 0 Å². The highest BCUT2D eigenvalue weighted by Gasteiger charge is 2.15. The zero-order chi connectivity index (χ0) is 15.5. The predicted molar refractivity (Wildman–Crippen MR) is 94.0 cm³/mol. The monoisotopic (exact) mass is 283 g/mol. The molecule has 0 aromatic heterocycles. The Hall–Kier alpha value is -1.50. The molecule has 0 spiro atoms. The van der Waals surface area contributed by atoms with Crippen molar-refractivity contribution < 1.29 is 0 Å². The standard InChI is InChI=1S/C20H29N/c1-15(14-20(3,4)5)17-10-12-18(13-11-17)16(2)21-19-8-6-7-9-19/h10-14,19,21H,2,6-9H2,1,3-5H3/b15-14+. The van der Waals surface area contributed by atoms with Crippen molar-refractivity contribution in [2.24, 2.45) is 5.41 Å². The third-order valence-corrected chi connectivity index (χ3v) is 4.07. The average Bonchev–Trinajstić information content (AvgIpc) is 2.90. The first kappa shape index (κ1) is 15.9. The highest BCUT2D eigenvalue weighted by molar-refractivity contribution is 5.68. The number of nitrogens with one attached hydrogen (secondary N) is 1. The van der Waals surface area contributed by atoms with Crippen molar-refractivity contribution in [3.05, 3.63) is 48.0 Å². The summed E-state index contributed by atoms with van der Waals surface area (Å²) in [6.07, 6.45) is 7.59. The van der Waals surface area contributed by atoms with E-state index in [0.717, 1.165) is 5.70 Å². The van der Waals surface area contributed by atoms with Crippen molar-refractivity contribution in [3.8, 4) is 0 Å². The lowest BCUT2D eigenvalue weighted by molar-refractivity contribution is 0.545. The highest BCUT2D eigenvalue weighted by atomic mass is 14.9. The van der Waals surface area contributed by atoms with Gasteiger partial charge in [0.15, 0.2) is 0 Å². The fraction of sp³-hybridized carbons (Fsp3) is 0.500. The number of hydrogen-bond donors (Lipinski definition) is 1. The summed E-state index contributed by atoms with van der Waals surface area (Å²) in [4.78, 5) is 0. The molecule has 1 fully saturated rings. The van der Waals surface area contributed by atoms with Gasteiger partial charge in [-0.3, -0.25) is 0 Å². The molecule has 1 aliphatic rings. The Morgan fingerprint density at radius 1 is 1.10 bits per heavy atom. The quantitative estimate of drug-likeness (QED) is 0.754. The molecule has 1 nitrogen and oxygen atoms in total. The summed E-state index contributed by atoms with van der Waals surface area (Å²) in [5.74, 6) is 0. The van der Waals surface area contributed by atoms with Crippen molar-refractivity contribution in [1.29, 1.82) is 0 Å². The molecule has 0 aliphatic heterocycles. The molecule has 2 rings (SSSR count). The lowest BCUT2D eigenvalue weighted by Crippen LogP contribution is -2.23. The smallest absolute Gasteiger partial charge is 0.0342 e. The van der Waals surface area contributed by atoms with E-state index >= 15 is 0 Å². The minimum atomic E-state index is 0.219. The fourth-order valence-corrected chi connectivity index (χ4v) is 3.07. The number of hydrogen-bond acceptors (Lipinski definition) is 1. The SMILES string of the molecule is C=C(NC1CCCC1)c1ccc(/C(C)=C/C(C)(C)C)cc1. The van der Waals surface area contributed by atoms with Gasteiger partial charge in [-0.1, -0.05) is 70.5 Å². The maximum Gasteiger partial charge on any atom is 0.0342 e. The molecule has 0 bridgehead atoms. The van der Waals surface area contributed by atoms with Gasteiger partial charge < -0.3 is 5.32 Å². The second kappa shape index (κ2) is 6.51. The summed E-state index contributed by atoms with van der Waals surface area (Å²) in [6.45, 7) is 13.1. The van der Waals surface area contributed by atoms with Crippen molar-refractivity contribution in [1.82, 2.24) is 5.32 Å². The Morgan fingerprint density at radius 2 is 1.62 bits per heavy atom.